The summed E-state index contributed by atoms with van der Waals surface area (Å²) in [5.74, 6) is 0. The minimum atomic E-state index is -2.07. The Morgan fingerprint density at radius 2 is 2.54 bits per heavy atom. The SMILES string of the molecule is CCCC(C1=CC(N)CC1)[P+](=O)O. The van der Waals surface area contributed by atoms with E-state index in [9.17, 15) is 4.57 Å². The fourth-order valence-electron chi connectivity index (χ4n) is 1.76. The van der Waals surface area contributed by atoms with Crippen LogP contribution in [0.3, 0.4) is 0 Å². The summed E-state index contributed by atoms with van der Waals surface area (Å²) < 4.78 is 11.0. The van der Waals surface area contributed by atoms with Gasteiger partial charge in [-0.1, -0.05) is 19.4 Å². The van der Waals surface area contributed by atoms with Crippen LogP contribution in [-0.4, -0.2) is 16.6 Å². The van der Waals surface area contributed by atoms with Gasteiger partial charge in [-0.05, 0) is 23.0 Å². The molecule has 3 nitrogen and oxygen atoms in total. The van der Waals surface area contributed by atoms with Crippen LogP contribution < -0.4 is 5.73 Å². The van der Waals surface area contributed by atoms with Crippen molar-refractivity contribution in [1.82, 2.24) is 0 Å². The second-order valence-electron chi connectivity index (χ2n) is 3.55. The van der Waals surface area contributed by atoms with E-state index >= 15 is 0 Å². The highest BCUT2D eigenvalue weighted by molar-refractivity contribution is 7.39. The highest BCUT2D eigenvalue weighted by atomic mass is 31.1. The Hall–Kier alpha value is -0.240. The van der Waals surface area contributed by atoms with Crippen LogP contribution in [-0.2, 0) is 4.57 Å². The van der Waals surface area contributed by atoms with Crippen molar-refractivity contribution in [2.24, 2.45) is 5.73 Å². The number of nitrogens with two attached hydrogens (primary N) is 1. The molecule has 0 bridgehead atoms. The molecule has 74 valence electrons. The van der Waals surface area contributed by atoms with Crippen molar-refractivity contribution >= 4 is 8.03 Å². The molecule has 1 aliphatic rings. The predicted octanol–water partition coefficient (Wildman–Crippen LogP) is 1.94. The zero-order valence-electron chi connectivity index (χ0n) is 7.94. The first kappa shape index (κ1) is 10.8. The highest BCUT2D eigenvalue weighted by Crippen LogP contribution is 2.37. The van der Waals surface area contributed by atoms with Crippen molar-refractivity contribution in [3.63, 3.8) is 0 Å². The zero-order chi connectivity index (χ0) is 9.84. The molecule has 0 aliphatic heterocycles. The Balaban J connectivity index is 2.65. The van der Waals surface area contributed by atoms with Gasteiger partial charge in [-0.2, -0.15) is 4.89 Å². The van der Waals surface area contributed by atoms with Crippen LogP contribution in [0.4, 0.5) is 0 Å². The molecule has 3 unspecified atom stereocenters. The molecule has 0 amide bonds. The third kappa shape index (κ3) is 2.87. The van der Waals surface area contributed by atoms with Crippen LogP contribution in [0.2, 0.25) is 0 Å². The molecule has 3 N–H and O–H groups in total. The maximum Gasteiger partial charge on any atom is 0.513 e. The summed E-state index contributed by atoms with van der Waals surface area (Å²) in [5, 5.41) is 0. The Bertz CT molecular complexity index is 228. The van der Waals surface area contributed by atoms with Crippen molar-refractivity contribution in [1.29, 1.82) is 0 Å². The first-order valence-corrected chi connectivity index (χ1v) is 6.04. The van der Waals surface area contributed by atoms with Gasteiger partial charge >= 0.3 is 8.03 Å². The Kier molecular flexibility index (Phi) is 4.04. The summed E-state index contributed by atoms with van der Waals surface area (Å²) in [6, 6.07) is 0.101. The molecule has 0 saturated carbocycles. The number of hydrogen-bond acceptors (Lipinski definition) is 2. The molecular weight excluding hydrogens is 185 g/mol. The van der Waals surface area contributed by atoms with Crippen molar-refractivity contribution in [3.8, 4) is 0 Å². The van der Waals surface area contributed by atoms with E-state index in [1.807, 2.05) is 13.0 Å². The van der Waals surface area contributed by atoms with Crippen LogP contribution in [0.15, 0.2) is 11.6 Å². The minimum Gasteiger partial charge on any atom is -0.324 e. The fourth-order valence-corrected chi connectivity index (χ4v) is 2.74. The summed E-state index contributed by atoms with van der Waals surface area (Å²) in [6.45, 7) is 2.03. The minimum absolute atomic E-state index is 0.101. The Morgan fingerprint density at radius 1 is 1.85 bits per heavy atom. The van der Waals surface area contributed by atoms with Gasteiger partial charge in [0.05, 0.1) is 0 Å². The molecular formula is C9H17NO2P+. The van der Waals surface area contributed by atoms with E-state index in [2.05, 4.69) is 0 Å². The summed E-state index contributed by atoms with van der Waals surface area (Å²) in [7, 11) is -2.07. The van der Waals surface area contributed by atoms with Crippen molar-refractivity contribution in [3.05, 3.63) is 11.6 Å². The molecule has 0 radical (unpaired) electrons. The van der Waals surface area contributed by atoms with Crippen LogP contribution >= 0.6 is 8.03 Å². The maximum absolute atomic E-state index is 11.0. The monoisotopic (exact) mass is 202 g/mol. The van der Waals surface area contributed by atoms with E-state index in [1.54, 1.807) is 0 Å². The predicted molar refractivity (Wildman–Crippen MR) is 53.8 cm³/mol. The second kappa shape index (κ2) is 4.85. The quantitative estimate of drug-likeness (QED) is 0.541. The Morgan fingerprint density at radius 3 is 2.92 bits per heavy atom. The topological polar surface area (TPSA) is 63.3 Å². The lowest BCUT2D eigenvalue weighted by Crippen LogP contribution is -2.12. The van der Waals surface area contributed by atoms with E-state index < -0.39 is 8.03 Å². The lowest BCUT2D eigenvalue weighted by atomic mass is 10.1. The molecule has 3 atom stereocenters. The largest absolute Gasteiger partial charge is 0.513 e. The average Bonchev–Trinajstić information content (AvgIpc) is 2.46. The van der Waals surface area contributed by atoms with Crippen LogP contribution in [0.25, 0.3) is 0 Å². The first-order chi connectivity index (χ1) is 6.15. The van der Waals surface area contributed by atoms with Gasteiger partial charge < -0.3 is 5.73 Å². The van der Waals surface area contributed by atoms with Gasteiger partial charge in [0.25, 0.3) is 0 Å². The van der Waals surface area contributed by atoms with Crippen LogP contribution in [0, 0.1) is 0 Å². The van der Waals surface area contributed by atoms with E-state index in [4.69, 9.17) is 10.6 Å². The molecule has 1 aliphatic carbocycles. The molecule has 0 aromatic carbocycles. The number of hydrogen-bond donors (Lipinski definition) is 2. The smallest absolute Gasteiger partial charge is 0.324 e. The molecule has 0 aromatic rings. The third-order valence-electron chi connectivity index (χ3n) is 2.45. The van der Waals surface area contributed by atoms with Gasteiger partial charge in [-0.15, -0.1) is 0 Å². The lowest BCUT2D eigenvalue weighted by Gasteiger charge is -2.03. The third-order valence-corrected chi connectivity index (χ3v) is 3.57. The fraction of sp³-hybridized carbons (Fsp3) is 0.778. The molecule has 1 rings (SSSR count). The van der Waals surface area contributed by atoms with Crippen molar-refractivity contribution in [2.75, 3.05) is 0 Å². The van der Waals surface area contributed by atoms with Gasteiger partial charge in [0.15, 0.2) is 0 Å². The molecule has 13 heavy (non-hydrogen) atoms. The Labute approximate surface area is 79.9 Å². The molecule has 0 spiro atoms. The summed E-state index contributed by atoms with van der Waals surface area (Å²) in [4.78, 5) is 9.12. The van der Waals surface area contributed by atoms with Gasteiger partial charge in [0, 0.05) is 12.5 Å². The summed E-state index contributed by atoms with van der Waals surface area (Å²) in [5.41, 5.74) is 6.66. The standard InChI is InChI=1S/C9H16NO2P/c1-2-3-9(13(11)12)7-4-5-8(10)6-7/h6,8-9H,2-5,10H2,1H3/p+1. The van der Waals surface area contributed by atoms with Crippen LogP contribution in [0.5, 0.6) is 0 Å². The lowest BCUT2D eigenvalue weighted by molar-refractivity contribution is 0.488. The zero-order valence-corrected chi connectivity index (χ0v) is 8.83. The molecule has 0 saturated heterocycles. The van der Waals surface area contributed by atoms with E-state index in [1.165, 1.54) is 0 Å². The van der Waals surface area contributed by atoms with Gasteiger partial charge in [-0.3, -0.25) is 0 Å². The van der Waals surface area contributed by atoms with Gasteiger partial charge in [0.1, 0.15) is 0 Å². The van der Waals surface area contributed by atoms with Gasteiger partial charge in [-0.25, -0.2) is 0 Å². The normalized spacial score (nSPS) is 25.6. The molecule has 0 fully saturated rings. The van der Waals surface area contributed by atoms with Gasteiger partial charge in [0.2, 0.25) is 5.66 Å². The van der Waals surface area contributed by atoms with Crippen molar-refractivity contribution < 1.29 is 9.46 Å². The van der Waals surface area contributed by atoms with Crippen molar-refractivity contribution in [2.45, 2.75) is 44.3 Å². The van der Waals surface area contributed by atoms with E-state index in [0.29, 0.717) is 0 Å². The summed E-state index contributed by atoms with van der Waals surface area (Å²) in [6.07, 6.45) is 5.53. The summed E-state index contributed by atoms with van der Waals surface area (Å²) >= 11 is 0. The van der Waals surface area contributed by atoms with E-state index in [-0.39, 0.29) is 11.7 Å². The average molecular weight is 202 g/mol. The highest BCUT2D eigenvalue weighted by Gasteiger charge is 2.34. The van der Waals surface area contributed by atoms with Crippen LogP contribution in [0.1, 0.15) is 32.6 Å². The molecule has 0 aromatic heterocycles. The number of rotatable bonds is 4. The molecule has 0 heterocycles. The first-order valence-electron chi connectivity index (χ1n) is 4.76. The van der Waals surface area contributed by atoms with E-state index in [0.717, 1.165) is 31.3 Å². The molecule has 4 heteroatoms. The maximum atomic E-state index is 11.0. The second-order valence-corrected chi connectivity index (χ2v) is 4.78. The number of allylic oxidation sites excluding steroid dienone is 1.